The van der Waals surface area contributed by atoms with E-state index in [1.165, 1.54) is 5.56 Å². The van der Waals surface area contributed by atoms with Crippen LogP contribution in [0.2, 0.25) is 0 Å². The monoisotopic (exact) mass is 1010 g/mol. The van der Waals surface area contributed by atoms with E-state index in [0.29, 0.717) is 50.3 Å². The number of nitrogens with one attached hydrogen (secondary N) is 4. The van der Waals surface area contributed by atoms with Gasteiger partial charge in [0.2, 0.25) is 0 Å². The van der Waals surface area contributed by atoms with Gasteiger partial charge in [0.1, 0.15) is 52.8 Å². The molecule has 3 aliphatic heterocycles. The number of methoxy groups -OCH3 is 2. The third kappa shape index (κ3) is 11.1. The van der Waals surface area contributed by atoms with Gasteiger partial charge in [-0.05, 0) is 108 Å². The number of carbonyl (C=O) groups is 2. The van der Waals surface area contributed by atoms with Crippen LogP contribution in [0.3, 0.4) is 0 Å². The van der Waals surface area contributed by atoms with Gasteiger partial charge in [-0.3, -0.25) is 9.59 Å². The van der Waals surface area contributed by atoms with Gasteiger partial charge in [0.25, 0.3) is 11.8 Å². The molecule has 10 rings (SSSR count). The number of amides is 2. The summed E-state index contributed by atoms with van der Waals surface area (Å²) in [6.45, 7) is 11.4. The van der Waals surface area contributed by atoms with E-state index < -0.39 is 5.54 Å². The Balaban J connectivity index is 0.791. The van der Waals surface area contributed by atoms with E-state index in [4.69, 9.17) is 50.1 Å². The smallest absolute Gasteiger partial charge is 0.319 e. The summed E-state index contributed by atoms with van der Waals surface area (Å²) < 4.78 is 30.0. The van der Waals surface area contributed by atoms with Crippen LogP contribution in [0.1, 0.15) is 128 Å². The van der Waals surface area contributed by atoms with Crippen LogP contribution in [-0.2, 0) is 9.47 Å². The second-order valence-electron chi connectivity index (χ2n) is 21.1. The minimum absolute atomic E-state index is 0.0115. The van der Waals surface area contributed by atoms with Crippen LogP contribution < -0.4 is 46.1 Å². The maximum atomic E-state index is 13.6. The van der Waals surface area contributed by atoms with Gasteiger partial charge in [0.15, 0.2) is 0 Å². The van der Waals surface area contributed by atoms with Crippen molar-refractivity contribution in [3.05, 3.63) is 77.1 Å². The van der Waals surface area contributed by atoms with Crippen molar-refractivity contribution in [1.29, 1.82) is 0 Å². The fraction of sp³-hybridized carbons (Fsp3) is 0.547. The summed E-state index contributed by atoms with van der Waals surface area (Å²) in [5.74, 6) is 1.94. The average Bonchev–Trinajstić information content (AvgIpc) is 4.18. The predicted octanol–water partition coefficient (Wildman–Crippen LogP) is 5.24. The molecule has 9 heterocycles. The van der Waals surface area contributed by atoms with Gasteiger partial charge in [-0.25, -0.2) is 9.97 Å². The molecule has 394 valence electrons. The van der Waals surface area contributed by atoms with Crippen LogP contribution in [0.25, 0.3) is 22.1 Å². The lowest BCUT2D eigenvalue weighted by molar-refractivity contribution is 0.0636. The maximum Gasteiger partial charge on any atom is 0.319 e. The number of hydrogen-bond donors (Lipinski definition) is 6. The summed E-state index contributed by atoms with van der Waals surface area (Å²) in [6, 6.07) is 9.38. The molecule has 6 aromatic heterocycles. The molecule has 2 amide bonds. The molecule has 0 radical (unpaired) electrons. The summed E-state index contributed by atoms with van der Waals surface area (Å²) in [6.07, 6.45) is 11.2. The molecule has 0 aromatic carbocycles. The highest BCUT2D eigenvalue weighted by molar-refractivity contribution is 5.94. The number of anilines is 2. The van der Waals surface area contributed by atoms with Gasteiger partial charge in [-0.1, -0.05) is 0 Å². The van der Waals surface area contributed by atoms with Gasteiger partial charge >= 0.3 is 12.0 Å². The lowest BCUT2D eigenvalue weighted by Gasteiger charge is -2.34. The highest BCUT2D eigenvalue weighted by atomic mass is 16.5. The Kier molecular flexibility index (Phi) is 14.9. The van der Waals surface area contributed by atoms with Gasteiger partial charge in [-0.2, -0.15) is 19.9 Å². The number of ether oxygens (including phenoxy) is 5. The van der Waals surface area contributed by atoms with Crippen LogP contribution in [0.5, 0.6) is 17.8 Å². The Hall–Kier alpha value is -6.68. The number of H-pyrrole nitrogens is 2. The minimum Gasteiger partial charge on any atom is -0.496 e. The summed E-state index contributed by atoms with van der Waals surface area (Å²) in [5, 5.41) is 8.17. The molecule has 2 unspecified atom stereocenters. The predicted molar refractivity (Wildman–Crippen MR) is 279 cm³/mol. The number of piperidine rings is 2. The number of pyridine rings is 2. The van der Waals surface area contributed by atoms with Crippen LogP contribution in [0, 0.1) is 0 Å². The molecule has 21 heteroatoms. The standard InChI is InChI=1S/C53H70N14O7/c1-29(26-70-5)74-52-63-41(49(68)59-30(2)53(3,4)55)22-45(65-52)67-18-13-32(14-19-67)37-25-58-48-46(37)43(71-6)21-40(60-48)33-20-34(72-27-33)28-73-51-62-42(50(69)61-39-10-9-38(39)54)23-44(64-51)66-16-11-31(12-17-66)36-24-57-47-35(36)8-7-15-56-47/h7-8,15,21-25,29-34,38-39H,9-14,16-20,26-28,54-55H2,1-6H3,(H,56,57)(H,58,60)(H,59,68)(H,61,69)/t29-,30?,33?,34-,38-,39+/m1/s1. The molecule has 4 fully saturated rings. The summed E-state index contributed by atoms with van der Waals surface area (Å²) >= 11 is 0. The molecular formula is C53H70N14O7. The van der Waals surface area contributed by atoms with Crippen LogP contribution in [0.15, 0.2) is 48.9 Å². The number of fused-ring (bicyclic) bond motifs is 2. The van der Waals surface area contributed by atoms with Crippen molar-refractivity contribution in [2.24, 2.45) is 11.5 Å². The summed E-state index contributed by atoms with van der Waals surface area (Å²) in [5.41, 5.74) is 17.2. The SMILES string of the molecule is COC[C@@H](C)Oc1nc(C(=O)NC(C)C(C)(C)N)cc(N2CCC(c3c[nH]c4nc(C5CO[C@@H](COc6nc(C(=O)N[C@H]7CC[C@H]7N)cc(N7CCC(c8c[nH]c9ncccc89)CC7)n6)C5)cc(OC)c34)CC2)n1. The van der Waals surface area contributed by atoms with Crippen LogP contribution in [0.4, 0.5) is 11.6 Å². The highest BCUT2D eigenvalue weighted by Gasteiger charge is 2.34. The van der Waals surface area contributed by atoms with Gasteiger partial charge in [0, 0.05) is 105 Å². The third-order valence-corrected chi connectivity index (χ3v) is 15.4. The second kappa shape index (κ2) is 21.7. The molecule has 4 aliphatic rings. The maximum absolute atomic E-state index is 13.6. The Morgan fingerprint density at radius 1 is 0.838 bits per heavy atom. The first-order valence-corrected chi connectivity index (χ1v) is 26.0. The van der Waals surface area contributed by atoms with E-state index in [-0.39, 0.29) is 84.0 Å². The minimum atomic E-state index is -0.631. The quantitative estimate of drug-likeness (QED) is 0.0643. The fourth-order valence-electron chi connectivity index (χ4n) is 10.5. The molecule has 74 heavy (non-hydrogen) atoms. The van der Waals surface area contributed by atoms with Gasteiger partial charge < -0.3 is 65.6 Å². The summed E-state index contributed by atoms with van der Waals surface area (Å²) in [4.78, 5) is 66.5. The van der Waals surface area contributed by atoms with Crippen molar-refractivity contribution in [2.75, 3.05) is 70.0 Å². The lowest BCUT2D eigenvalue weighted by Crippen LogP contribution is -2.54. The molecule has 8 N–H and O–H groups in total. The average molecular weight is 1020 g/mol. The zero-order chi connectivity index (χ0) is 51.7. The molecular weight excluding hydrogens is 945 g/mol. The molecule has 0 spiro atoms. The van der Waals surface area contributed by atoms with E-state index in [0.717, 1.165) is 90.7 Å². The van der Waals surface area contributed by atoms with Crippen molar-refractivity contribution in [2.45, 2.75) is 126 Å². The van der Waals surface area contributed by atoms with Crippen molar-refractivity contribution < 1.29 is 33.3 Å². The molecule has 0 bridgehead atoms. The number of nitrogens with zero attached hydrogens (tertiary/aromatic N) is 8. The first-order chi connectivity index (χ1) is 35.7. The topological polar surface area (TPSA) is 272 Å². The number of aromatic nitrogens is 8. The van der Waals surface area contributed by atoms with Crippen molar-refractivity contribution >= 4 is 45.5 Å². The number of hydrogen-bond acceptors (Lipinski definition) is 17. The zero-order valence-electron chi connectivity index (χ0n) is 43.2. The van der Waals surface area contributed by atoms with Crippen LogP contribution >= 0.6 is 0 Å². The zero-order valence-corrected chi connectivity index (χ0v) is 43.2. The summed E-state index contributed by atoms with van der Waals surface area (Å²) in [7, 11) is 3.30. The lowest BCUT2D eigenvalue weighted by atomic mass is 9.87. The molecule has 1 saturated carbocycles. The van der Waals surface area contributed by atoms with E-state index >= 15 is 0 Å². The Labute approximate surface area is 430 Å². The van der Waals surface area contributed by atoms with Crippen molar-refractivity contribution in [1.82, 2.24) is 50.5 Å². The first-order valence-electron chi connectivity index (χ1n) is 26.0. The Bertz CT molecular complexity index is 2940. The van der Waals surface area contributed by atoms with E-state index in [1.54, 1.807) is 32.5 Å². The Morgan fingerprint density at radius 2 is 1.50 bits per heavy atom. The van der Waals surface area contributed by atoms with Crippen molar-refractivity contribution in [3.63, 3.8) is 0 Å². The fourth-order valence-corrected chi connectivity index (χ4v) is 10.5. The third-order valence-electron chi connectivity index (χ3n) is 15.4. The first kappa shape index (κ1) is 50.8. The molecule has 6 aromatic rings. The highest BCUT2D eigenvalue weighted by Crippen LogP contribution is 2.41. The van der Waals surface area contributed by atoms with Crippen molar-refractivity contribution in [3.8, 4) is 17.8 Å². The number of rotatable bonds is 18. The molecule has 1 aliphatic carbocycles. The van der Waals surface area contributed by atoms with Gasteiger partial charge in [-0.15, -0.1) is 0 Å². The van der Waals surface area contributed by atoms with Gasteiger partial charge in [0.05, 0.1) is 37.5 Å². The molecule has 3 saturated heterocycles. The number of aromatic amines is 2. The molecule has 6 atom stereocenters. The number of nitrogens with two attached hydrogens (primary N) is 2. The Morgan fingerprint density at radius 3 is 2.16 bits per heavy atom. The van der Waals surface area contributed by atoms with E-state index in [1.807, 2.05) is 39.8 Å². The second-order valence-corrected chi connectivity index (χ2v) is 21.1. The van der Waals surface area contributed by atoms with Crippen LogP contribution in [-0.4, -0.2) is 148 Å². The number of carbonyl (C=O) groups excluding carboxylic acids is 2. The molecule has 21 nitrogen and oxygen atoms in total. The van der Waals surface area contributed by atoms with E-state index in [9.17, 15) is 9.59 Å². The normalized spacial score (nSPS) is 21.6. The van der Waals surface area contributed by atoms with E-state index in [2.05, 4.69) is 63.8 Å². The largest absolute Gasteiger partial charge is 0.496 e.